The zero-order valence-corrected chi connectivity index (χ0v) is 20.6. The highest BCUT2D eigenvalue weighted by molar-refractivity contribution is 5.65. The maximum Gasteiger partial charge on any atom is 0.0259 e. The van der Waals surface area contributed by atoms with Gasteiger partial charge in [0.25, 0.3) is 0 Å². The van der Waals surface area contributed by atoms with E-state index in [1.807, 2.05) is 12.4 Å². The van der Waals surface area contributed by atoms with Crippen molar-refractivity contribution < 1.29 is 0 Å². The van der Waals surface area contributed by atoms with Gasteiger partial charge in [-0.05, 0) is 56.7 Å². The molecule has 0 spiro atoms. The number of hydrogen-bond acceptors (Lipinski definition) is 2. The summed E-state index contributed by atoms with van der Waals surface area (Å²) in [7, 11) is 2.22. The quantitative estimate of drug-likeness (QED) is 0.459. The number of hydrogen-bond donors (Lipinski definition) is 0. The zero-order valence-electron chi connectivity index (χ0n) is 20.6. The highest BCUT2D eigenvalue weighted by Gasteiger charge is 2.17. The lowest BCUT2D eigenvalue weighted by molar-refractivity contribution is 0.304. The van der Waals surface area contributed by atoms with Crippen molar-refractivity contribution in [3.05, 3.63) is 11.8 Å². The highest BCUT2D eigenvalue weighted by atomic mass is 15.1. The van der Waals surface area contributed by atoms with Crippen molar-refractivity contribution >= 4 is 6.21 Å². The third-order valence-electron chi connectivity index (χ3n) is 7.42. The van der Waals surface area contributed by atoms with Crippen molar-refractivity contribution in [1.29, 1.82) is 0 Å². The van der Waals surface area contributed by atoms with E-state index in [1.165, 1.54) is 95.6 Å². The van der Waals surface area contributed by atoms with E-state index in [4.69, 9.17) is 0 Å². The molecular formula is C27H52N2. The second kappa shape index (κ2) is 17.1. The van der Waals surface area contributed by atoms with E-state index in [0.717, 1.165) is 30.7 Å². The Labute approximate surface area is 183 Å². The van der Waals surface area contributed by atoms with Crippen LogP contribution in [0.4, 0.5) is 0 Å². The second-order valence-corrected chi connectivity index (χ2v) is 9.48. The van der Waals surface area contributed by atoms with Crippen molar-refractivity contribution in [3.63, 3.8) is 0 Å². The normalized spacial score (nSPS) is 24.3. The van der Waals surface area contributed by atoms with E-state index in [2.05, 4.69) is 44.6 Å². The van der Waals surface area contributed by atoms with Crippen LogP contribution in [-0.4, -0.2) is 30.7 Å². The molecule has 0 aromatic rings. The monoisotopic (exact) mass is 404 g/mol. The zero-order chi connectivity index (χ0) is 21.3. The Morgan fingerprint density at radius 2 is 1.34 bits per heavy atom. The summed E-state index contributed by atoms with van der Waals surface area (Å²) in [6, 6.07) is 0.898. The van der Waals surface area contributed by atoms with E-state index < -0.39 is 0 Å². The molecule has 0 aromatic carbocycles. The summed E-state index contributed by atoms with van der Waals surface area (Å²) in [6.45, 7) is 10.3. The van der Waals surface area contributed by atoms with Gasteiger partial charge in [-0.25, -0.2) is 0 Å². The minimum absolute atomic E-state index is 0.898. The molecular weight excluding hydrogens is 352 g/mol. The van der Waals surface area contributed by atoms with Gasteiger partial charge in [0.1, 0.15) is 0 Å². The Morgan fingerprint density at radius 3 is 1.55 bits per heavy atom. The van der Waals surface area contributed by atoms with Gasteiger partial charge in [-0.15, -0.1) is 0 Å². The van der Waals surface area contributed by atoms with Crippen LogP contribution in [-0.2, 0) is 0 Å². The predicted molar refractivity (Wildman–Crippen MR) is 132 cm³/mol. The van der Waals surface area contributed by atoms with E-state index in [1.54, 1.807) is 0 Å². The van der Waals surface area contributed by atoms with E-state index in [0.29, 0.717) is 0 Å². The van der Waals surface area contributed by atoms with E-state index in [9.17, 15) is 0 Å². The van der Waals surface area contributed by atoms with Crippen LogP contribution in [0, 0.1) is 11.8 Å². The van der Waals surface area contributed by atoms with E-state index >= 15 is 0 Å². The summed E-state index contributed by atoms with van der Waals surface area (Å²) >= 11 is 0. The molecule has 2 aliphatic heterocycles. The van der Waals surface area contributed by atoms with Gasteiger partial charge in [-0.1, -0.05) is 91.9 Å². The predicted octanol–water partition coefficient (Wildman–Crippen LogP) is 8.42. The SMILES string of the molecule is CCC1=CN=CC1.CCC1CCCC1.CCC1CCCC1.CCC1CCCN1C. The average Bonchev–Trinajstić information content (AvgIpc) is 3.57. The summed E-state index contributed by atoms with van der Waals surface area (Å²) in [5, 5.41) is 0. The number of allylic oxidation sites excluding steroid dienone is 1. The molecule has 0 bridgehead atoms. The molecule has 1 atom stereocenters. The fourth-order valence-corrected chi connectivity index (χ4v) is 4.95. The first kappa shape index (κ1) is 26.4. The molecule has 2 heterocycles. The second-order valence-electron chi connectivity index (χ2n) is 9.48. The minimum atomic E-state index is 0.898. The van der Waals surface area contributed by atoms with Crippen molar-refractivity contribution in [2.45, 2.75) is 130 Å². The van der Waals surface area contributed by atoms with Gasteiger partial charge in [-0.3, -0.25) is 4.99 Å². The fraction of sp³-hybridized carbons (Fsp3) is 0.889. The third kappa shape index (κ3) is 12.0. The molecule has 170 valence electrons. The van der Waals surface area contributed by atoms with Crippen molar-refractivity contribution in [2.75, 3.05) is 13.6 Å². The summed E-state index contributed by atoms with van der Waals surface area (Å²) < 4.78 is 0. The number of likely N-dealkylation sites (tertiary alicyclic amines) is 1. The van der Waals surface area contributed by atoms with E-state index in [-0.39, 0.29) is 0 Å². The first-order chi connectivity index (χ1) is 14.1. The van der Waals surface area contributed by atoms with Gasteiger partial charge in [0.05, 0.1) is 0 Å². The molecule has 3 fully saturated rings. The Balaban J connectivity index is 0.000000194. The fourth-order valence-electron chi connectivity index (χ4n) is 4.95. The standard InChI is InChI=1S/C7H15N.2C7H14.C6H9N/c1-3-7-5-4-6-8(7)2;2*1-2-7-5-3-4-6-7;1-2-6-3-4-7-5-6/h7H,3-6H2,1-2H3;2*7H,2-6H2,1H3;4-5H,2-3H2,1H3. The maximum atomic E-state index is 3.95. The number of aliphatic imine (C=N–C) groups is 1. The lowest BCUT2D eigenvalue weighted by Crippen LogP contribution is -2.23. The van der Waals surface area contributed by atoms with Crippen molar-refractivity contribution in [2.24, 2.45) is 16.8 Å². The van der Waals surface area contributed by atoms with Crippen LogP contribution in [0.15, 0.2) is 16.8 Å². The van der Waals surface area contributed by atoms with Gasteiger partial charge in [-0.2, -0.15) is 0 Å². The Morgan fingerprint density at radius 1 is 0.793 bits per heavy atom. The summed E-state index contributed by atoms with van der Waals surface area (Å²) in [6.07, 6.45) is 25.2. The minimum Gasteiger partial charge on any atom is -0.303 e. The Hall–Kier alpha value is -0.630. The summed E-state index contributed by atoms with van der Waals surface area (Å²) in [4.78, 5) is 6.41. The lowest BCUT2D eigenvalue weighted by Gasteiger charge is -2.16. The van der Waals surface area contributed by atoms with Crippen LogP contribution in [0.2, 0.25) is 0 Å². The van der Waals surface area contributed by atoms with Gasteiger partial charge >= 0.3 is 0 Å². The van der Waals surface area contributed by atoms with Crippen molar-refractivity contribution in [3.8, 4) is 0 Å². The maximum absolute atomic E-state index is 3.95. The first-order valence-electron chi connectivity index (χ1n) is 13.0. The van der Waals surface area contributed by atoms with Crippen LogP contribution in [0.25, 0.3) is 0 Å². The molecule has 4 aliphatic rings. The molecule has 0 amide bonds. The summed E-state index contributed by atoms with van der Waals surface area (Å²) in [5.74, 6) is 2.19. The molecule has 4 rings (SSSR count). The van der Waals surface area contributed by atoms with Crippen molar-refractivity contribution in [1.82, 2.24) is 4.90 Å². The molecule has 29 heavy (non-hydrogen) atoms. The lowest BCUT2D eigenvalue weighted by atomic mass is 10.1. The molecule has 2 heteroatoms. The topological polar surface area (TPSA) is 15.6 Å². The van der Waals surface area contributed by atoms with Gasteiger partial charge < -0.3 is 4.90 Å². The molecule has 1 saturated heterocycles. The Bertz CT molecular complexity index is 412. The largest absolute Gasteiger partial charge is 0.303 e. The summed E-state index contributed by atoms with van der Waals surface area (Å²) in [5.41, 5.74) is 1.44. The highest BCUT2D eigenvalue weighted by Crippen LogP contribution is 2.27. The Kier molecular flexibility index (Phi) is 15.6. The van der Waals surface area contributed by atoms with Crippen LogP contribution in [0.5, 0.6) is 0 Å². The van der Waals surface area contributed by atoms with Crippen LogP contribution >= 0.6 is 0 Å². The smallest absolute Gasteiger partial charge is 0.0259 e. The molecule has 2 nitrogen and oxygen atoms in total. The van der Waals surface area contributed by atoms with Gasteiger partial charge in [0.15, 0.2) is 0 Å². The van der Waals surface area contributed by atoms with Crippen LogP contribution in [0.1, 0.15) is 124 Å². The molecule has 0 radical (unpaired) electrons. The average molecular weight is 405 g/mol. The first-order valence-corrected chi connectivity index (χ1v) is 13.0. The molecule has 0 aromatic heterocycles. The number of rotatable bonds is 4. The third-order valence-corrected chi connectivity index (χ3v) is 7.42. The van der Waals surface area contributed by atoms with Gasteiger partial charge in [0.2, 0.25) is 0 Å². The number of nitrogens with zero attached hydrogens (tertiary/aromatic N) is 2. The molecule has 2 saturated carbocycles. The van der Waals surface area contributed by atoms with Gasteiger partial charge in [0, 0.05) is 24.9 Å². The molecule has 0 N–H and O–H groups in total. The van der Waals surface area contributed by atoms with Crippen LogP contribution in [0.3, 0.4) is 0 Å². The molecule has 1 unspecified atom stereocenters. The molecule has 2 aliphatic carbocycles. The van der Waals surface area contributed by atoms with Crippen LogP contribution < -0.4 is 0 Å².